The van der Waals surface area contributed by atoms with Crippen LogP contribution in [0.5, 0.6) is 0 Å². The molecule has 1 unspecified atom stereocenters. The number of benzene rings is 1. The summed E-state index contributed by atoms with van der Waals surface area (Å²) in [6.07, 6.45) is 5.02. The van der Waals surface area contributed by atoms with Crippen molar-refractivity contribution >= 4 is 31.9 Å². The van der Waals surface area contributed by atoms with Crippen molar-refractivity contribution in [2.75, 3.05) is 6.54 Å². The maximum atomic E-state index is 4.35. The summed E-state index contributed by atoms with van der Waals surface area (Å²) in [4.78, 5) is 0. The first kappa shape index (κ1) is 15.7. The van der Waals surface area contributed by atoms with Crippen molar-refractivity contribution in [1.82, 2.24) is 15.1 Å². The summed E-state index contributed by atoms with van der Waals surface area (Å²) in [6, 6.07) is 6.62. The number of hydrogen-bond donors (Lipinski definition) is 1. The van der Waals surface area contributed by atoms with Crippen molar-refractivity contribution in [2.45, 2.75) is 32.9 Å². The first-order valence-corrected chi connectivity index (χ1v) is 8.42. The number of rotatable bonds is 6. The van der Waals surface area contributed by atoms with Crippen LogP contribution in [0.4, 0.5) is 0 Å². The molecule has 1 aromatic carbocycles. The van der Waals surface area contributed by atoms with E-state index < -0.39 is 0 Å². The number of likely N-dealkylation sites (N-methyl/N-ethyl adjacent to an activating group) is 1. The zero-order valence-corrected chi connectivity index (χ0v) is 14.9. The number of hydrogen-bond acceptors (Lipinski definition) is 2. The SMILES string of the molecule is CCNC(Cc1cnn(CC)c1)c1ccc(Br)cc1Br. The van der Waals surface area contributed by atoms with Crippen LogP contribution in [0.15, 0.2) is 39.5 Å². The standard InChI is InChI=1S/C15H19Br2N3/c1-3-18-15(7-11-9-19-20(4-2)10-11)13-6-5-12(16)8-14(13)17/h5-6,8-10,15,18H,3-4,7H2,1-2H3. The lowest BCUT2D eigenvalue weighted by molar-refractivity contribution is 0.547. The van der Waals surface area contributed by atoms with Crippen molar-refractivity contribution < 1.29 is 0 Å². The van der Waals surface area contributed by atoms with Gasteiger partial charge < -0.3 is 5.32 Å². The van der Waals surface area contributed by atoms with Gasteiger partial charge in [-0.25, -0.2) is 0 Å². The molecule has 108 valence electrons. The molecule has 0 aliphatic carbocycles. The van der Waals surface area contributed by atoms with E-state index in [9.17, 15) is 0 Å². The van der Waals surface area contributed by atoms with Gasteiger partial charge in [-0.3, -0.25) is 4.68 Å². The van der Waals surface area contributed by atoms with Gasteiger partial charge in [-0.15, -0.1) is 0 Å². The summed E-state index contributed by atoms with van der Waals surface area (Å²) >= 11 is 7.16. The minimum atomic E-state index is 0.289. The minimum absolute atomic E-state index is 0.289. The Balaban J connectivity index is 2.21. The second-order valence-electron chi connectivity index (χ2n) is 4.68. The topological polar surface area (TPSA) is 29.9 Å². The predicted molar refractivity (Wildman–Crippen MR) is 89.9 cm³/mol. The van der Waals surface area contributed by atoms with Crippen LogP contribution < -0.4 is 5.32 Å². The Morgan fingerprint density at radius 1 is 1.30 bits per heavy atom. The third kappa shape index (κ3) is 3.93. The van der Waals surface area contributed by atoms with Gasteiger partial charge in [0.05, 0.1) is 6.20 Å². The summed E-state index contributed by atoms with van der Waals surface area (Å²) < 4.78 is 4.18. The van der Waals surface area contributed by atoms with Crippen LogP contribution >= 0.6 is 31.9 Å². The molecule has 0 amide bonds. The van der Waals surface area contributed by atoms with E-state index in [-0.39, 0.29) is 6.04 Å². The van der Waals surface area contributed by atoms with Gasteiger partial charge in [-0.1, -0.05) is 44.8 Å². The fourth-order valence-corrected chi connectivity index (χ4v) is 3.57. The lowest BCUT2D eigenvalue weighted by atomic mass is 10.0. The van der Waals surface area contributed by atoms with Crippen LogP contribution in [0.3, 0.4) is 0 Å². The van der Waals surface area contributed by atoms with Crippen molar-refractivity contribution in [3.63, 3.8) is 0 Å². The summed E-state index contributed by atoms with van der Waals surface area (Å²) in [5.74, 6) is 0. The fraction of sp³-hybridized carbons (Fsp3) is 0.400. The average molecular weight is 401 g/mol. The van der Waals surface area contributed by atoms with Gasteiger partial charge in [0.1, 0.15) is 0 Å². The van der Waals surface area contributed by atoms with E-state index in [2.05, 4.69) is 80.5 Å². The highest BCUT2D eigenvalue weighted by molar-refractivity contribution is 9.11. The Labute approximate surface area is 137 Å². The van der Waals surface area contributed by atoms with Crippen LogP contribution in [-0.2, 0) is 13.0 Å². The third-order valence-electron chi connectivity index (χ3n) is 3.24. The molecule has 0 saturated heterocycles. The molecule has 0 saturated carbocycles. The lowest BCUT2D eigenvalue weighted by Gasteiger charge is -2.19. The van der Waals surface area contributed by atoms with Gasteiger partial charge in [0, 0.05) is 27.7 Å². The van der Waals surface area contributed by atoms with Crippen LogP contribution in [0.1, 0.15) is 31.0 Å². The van der Waals surface area contributed by atoms with Gasteiger partial charge >= 0.3 is 0 Å². The number of aryl methyl sites for hydroxylation is 1. The van der Waals surface area contributed by atoms with E-state index in [4.69, 9.17) is 0 Å². The van der Waals surface area contributed by atoms with Gasteiger partial charge in [0.2, 0.25) is 0 Å². The van der Waals surface area contributed by atoms with Crippen molar-refractivity contribution in [3.8, 4) is 0 Å². The second kappa shape index (κ2) is 7.38. The van der Waals surface area contributed by atoms with E-state index in [1.165, 1.54) is 11.1 Å². The maximum absolute atomic E-state index is 4.35. The fourth-order valence-electron chi connectivity index (χ4n) is 2.24. The summed E-state index contributed by atoms with van der Waals surface area (Å²) in [5.41, 5.74) is 2.53. The Bertz CT molecular complexity index is 566. The third-order valence-corrected chi connectivity index (χ3v) is 4.42. The van der Waals surface area contributed by atoms with Crippen molar-refractivity contribution in [3.05, 3.63) is 50.7 Å². The zero-order valence-electron chi connectivity index (χ0n) is 11.7. The first-order chi connectivity index (χ1) is 9.63. The molecule has 3 nitrogen and oxygen atoms in total. The van der Waals surface area contributed by atoms with Crippen molar-refractivity contribution in [2.24, 2.45) is 0 Å². The first-order valence-electron chi connectivity index (χ1n) is 6.83. The highest BCUT2D eigenvalue weighted by Gasteiger charge is 2.15. The van der Waals surface area contributed by atoms with Crippen molar-refractivity contribution in [1.29, 1.82) is 0 Å². The molecule has 0 aliphatic heterocycles. The molecule has 0 spiro atoms. The molecule has 1 N–H and O–H groups in total. The Morgan fingerprint density at radius 3 is 2.70 bits per heavy atom. The highest BCUT2D eigenvalue weighted by atomic mass is 79.9. The van der Waals surface area contributed by atoms with Crippen LogP contribution in [0, 0.1) is 0 Å². The molecule has 1 aromatic heterocycles. The Morgan fingerprint density at radius 2 is 2.10 bits per heavy atom. The van der Waals surface area contributed by atoms with Crippen LogP contribution in [-0.4, -0.2) is 16.3 Å². The van der Waals surface area contributed by atoms with E-state index in [1.807, 2.05) is 10.9 Å². The molecule has 0 fully saturated rings. The molecule has 2 rings (SSSR count). The van der Waals surface area contributed by atoms with E-state index in [0.717, 1.165) is 28.5 Å². The van der Waals surface area contributed by atoms with Gasteiger partial charge in [-0.2, -0.15) is 5.10 Å². The molecular weight excluding hydrogens is 382 g/mol. The maximum Gasteiger partial charge on any atom is 0.0522 e. The molecule has 0 radical (unpaired) electrons. The molecule has 0 aliphatic rings. The number of aromatic nitrogens is 2. The molecular formula is C15H19Br2N3. The van der Waals surface area contributed by atoms with Gasteiger partial charge in [-0.05, 0) is 43.1 Å². The zero-order chi connectivity index (χ0) is 14.5. The van der Waals surface area contributed by atoms with E-state index in [0.29, 0.717) is 0 Å². The Hall–Kier alpha value is -0.650. The second-order valence-corrected chi connectivity index (χ2v) is 6.45. The average Bonchev–Trinajstić information content (AvgIpc) is 2.86. The van der Waals surface area contributed by atoms with Crippen LogP contribution in [0.2, 0.25) is 0 Å². The Kier molecular flexibility index (Phi) is 5.81. The molecule has 1 atom stereocenters. The van der Waals surface area contributed by atoms with Gasteiger partial charge in [0.25, 0.3) is 0 Å². The molecule has 5 heteroatoms. The number of halogens is 2. The molecule has 1 heterocycles. The minimum Gasteiger partial charge on any atom is -0.310 e. The normalized spacial score (nSPS) is 12.6. The molecule has 20 heavy (non-hydrogen) atoms. The van der Waals surface area contributed by atoms with E-state index >= 15 is 0 Å². The number of nitrogens with zero attached hydrogens (tertiary/aromatic N) is 2. The van der Waals surface area contributed by atoms with Crippen LogP contribution in [0.25, 0.3) is 0 Å². The quantitative estimate of drug-likeness (QED) is 0.782. The summed E-state index contributed by atoms with van der Waals surface area (Å²) in [5, 5.41) is 7.90. The largest absolute Gasteiger partial charge is 0.310 e. The number of nitrogens with one attached hydrogen (secondary N) is 1. The highest BCUT2D eigenvalue weighted by Crippen LogP contribution is 2.28. The van der Waals surface area contributed by atoms with E-state index in [1.54, 1.807) is 0 Å². The smallest absolute Gasteiger partial charge is 0.0522 e. The predicted octanol–water partition coefficient (Wildman–Crippen LogP) is 4.32. The summed E-state index contributed by atoms with van der Waals surface area (Å²) in [7, 11) is 0. The lowest BCUT2D eigenvalue weighted by Crippen LogP contribution is -2.23. The summed E-state index contributed by atoms with van der Waals surface area (Å²) in [6.45, 7) is 6.09. The molecule has 0 bridgehead atoms. The monoisotopic (exact) mass is 399 g/mol. The van der Waals surface area contributed by atoms with Gasteiger partial charge in [0.15, 0.2) is 0 Å². The molecule has 2 aromatic rings.